The van der Waals surface area contributed by atoms with Crippen LogP contribution in [0.1, 0.15) is 32.5 Å². The topological polar surface area (TPSA) is 34.1 Å². The fourth-order valence-electron chi connectivity index (χ4n) is 2.37. The number of ketones is 2. The van der Waals surface area contributed by atoms with Crippen LogP contribution >= 0.6 is 11.3 Å². The van der Waals surface area contributed by atoms with Crippen molar-refractivity contribution >= 4 is 22.9 Å². The standard InChI is InChI=1S/C16H11FO2S/c1-9-13(8-11-3-2-6-20-11)16(19)14-7-10(17)4-5-12(14)15(9)18/h2-7H,8H2,1H3. The molecular weight excluding hydrogens is 275 g/mol. The number of benzene rings is 1. The minimum Gasteiger partial charge on any atom is -0.289 e. The van der Waals surface area contributed by atoms with Gasteiger partial charge in [-0.15, -0.1) is 11.3 Å². The summed E-state index contributed by atoms with van der Waals surface area (Å²) in [7, 11) is 0. The van der Waals surface area contributed by atoms with Gasteiger partial charge in [0.05, 0.1) is 0 Å². The Kier molecular flexibility index (Phi) is 3.10. The number of halogens is 1. The maximum absolute atomic E-state index is 13.3. The first-order chi connectivity index (χ1) is 9.58. The van der Waals surface area contributed by atoms with E-state index < -0.39 is 5.82 Å². The number of allylic oxidation sites excluding steroid dienone is 2. The van der Waals surface area contributed by atoms with E-state index in [0.29, 0.717) is 23.1 Å². The first-order valence-corrected chi connectivity index (χ1v) is 7.07. The lowest BCUT2D eigenvalue weighted by atomic mass is 9.83. The molecule has 0 bridgehead atoms. The number of carbonyl (C=O) groups is 2. The van der Waals surface area contributed by atoms with Crippen LogP contribution in [0, 0.1) is 5.82 Å². The van der Waals surface area contributed by atoms with Crippen molar-refractivity contribution in [2.45, 2.75) is 13.3 Å². The lowest BCUT2D eigenvalue weighted by Crippen LogP contribution is -2.22. The van der Waals surface area contributed by atoms with Gasteiger partial charge in [0, 0.05) is 33.6 Å². The van der Waals surface area contributed by atoms with E-state index in [2.05, 4.69) is 0 Å². The molecule has 3 rings (SSSR count). The summed E-state index contributed by atoms with van der Waals surface area (Å²) in [5.74, 6) is -0.934. The molecule has 0 saturated carbocycles. The number of hydrogen-bond donors (Lipinski definition) is 0. The number of Topliss-reactive ketones (excluding diaryl/α,β-unsaturated/α-hetero) is 2. The number of hydrogen-bond acceptors (Lipinski definition) is 3. The number of thiophene rings is 1. The first-order valence-electron chi connectivity index (χ1n) is 6.19. The molecule has 0 radical (unpaired) electrons. The third kappa shape index (κ3) is 2.02. The van der Waals surface area contributed by atoms with E-state index >= 15 is 0 Å². The molecular formula is C16H11FO2S. The smallest absolute Gasteiger partial charge is 0.190 e. The average Bonchev–Trinajstić information content (AvgIpc) is 2.94. The molecule has 2 nitrogen and oxygen atoms in total. The van der Waals surface area contributed by atoms with Crippen molar-refractivity contribution in [1.82, 2.24) is 0 Å². The molecule has 1 aliphatic carbocycles. The molecule has 0 fully saturated rings. The largest absolute Gasteiger partial charge is 0.289 e. The third-order valence-electron chi connectivity index (χ3n) is 3.47. The molecule has 0 spiro atoms. The van der Waals surface area contributed by atoms with Gasteiger partial charge in [-0.2, -0.15) is 0 Å². The van der Waals surface area contributed by atoms with Gasteiger partial charge in [0.25, 0.3) is 0 Å². The summed E-state index contributed by atoms with van der Waals surface area (Å²) in [5.41, 5.74) is 1.40. The summed E-state index contributed by atoms with van der Waals surface area (Å²) in [6.45, 7) is 1.66. The number of fused-ring (bicyclic) bond motifs is 1. The van der Waals surface area contributed by atoms with Crippen LogP contribution in [0.25, 0.3) is 0 Å². The second-order valence-electron chi connectivity index (χ2n) is 4.71. The predicted molar refractivity (Wildman–Crippen MR) is 75.8 cm³/mol. The summed E-state index contributed by atoms with van der Waals surface area (Å²) >= 11 is 1.53. The molecule has 1 aromatic heterocycles. The van der Waals surface area contributed by atoms with E-state index in [1.54, 1.807) is 6.92 Å². The van der Waals surface area contributed by atoms with E-state index in [9.17, 15) is 14.0 Å². The first kappa shape index (κ1) is 12.9. The van der Waals surface area contributed by atoms with Crippen LogP contribution < -0.4 is 0 Å². The zero-order chi connectivity index (χ0) is 14.3. The SMILES string of the molecule is CC1=C(Cc2cccs2)C(=O)c2cc(F)ccc2C1=O. The Labute approximate surface area is 119 Å². The summed E-state index contributed by atoms with van der Waals surface area (Å²) in [4.78, 5) is 25.8. The molecule has 0 N–H and O–H groups in total. The molecule has 0 unspecified atom stereocenters. The fourth-order valence-corrected chi connectivity index (χ4v) is 3.09. The molecule has 4 heteroatoms. The minimum absolute atomic E-state index is 0.173. The zero-order valence-corrected chi connectivity index (χ0v) is 11.6. The molecule has 0 saturated heterocycles. The summed E-state index contributed by atoms with van der Waals surface area (Å²) in [6.07, 6.45) is 0.421. The van der Waals surface area contributed by atoms with Crippen molar-refractivity contribution < 1.29 is 14.0 Å². The van der Waals surface area contributed by atoms with Crippen LogP contribution in [-0.4, -0.2) is 11.6 Å². The van der Waals surface area contributed by atoms with Gasteiger partial charge in [-0.1, -0.05) is 6.07 Å². The van der Waals surface area contributed by atoms with E-state index in [1.165, 1.54) is 23.5 Å². The van der Waals surface area contributed by atoms with Crippen molar-refractivity contribution in [3.05, 3.63) is 68.7 Å². The predicted octanol–water partition coefficient (Wildman–Crippen LogP) is 3.83. The number of rotatable bonds is 2. The molecule has 0 aliphatic heterocycles. The Hall–Kier alpha value is -2.07. The average molecular weight is 286 g/mol. The monoisotopic (exact) mass is 286 g/mol. The lowest BCUT2D eigenvalue weighted by Gasteiger charge is -2.18. The van der Waals surface area contributed by atoms with Crippen molar-refractivity contribution in [1.29, 1.82) is 0 Å². The Bertz CT molecular complexity index is 742. The van der Waals surface area contributed by atoms with E-state index in [1.807, 2.05) is 17.5 Å². The van der Waals surface area contributed by atoms with E-state index in [-0.39, 0.29) is 17.1 Å². The molecule has 1 heterocycles. The Balaban J connectivity index is 2.09. The Morgan fingerprint density at radius 3 is 2.60 bits per heavy atom. The highest BCUT2D eigenvalue weighted by molar-refractivity contribution is 7.09. The second kappa shape index (κ2) is 4.80. The van der Waals surface area contributed by atoms with Gasteiger partial charge in [0.15, 0.2) is 11.6 Å². The van der Waals surface area contributed by atoms with Crippen LogP contribution in [-0.2, 0) is 6.42 Å². The van der Waals surface area contributed by atoms with Gasteiger partial charge in [0.1, 0.15) is 5.82 Å². The molecule has 1 aromatic carbocycles. The molecule has 20 heavy (non-hydrogen) atoms. The van der Waals surface area contributed by atoms with Crippen molar-refractivity contribution in [3.8, 4) is 0 Å². The van der Waals surface area contributed by atoms with Gasteiger partial charge in [-0.25, -0.2) is 4.39 Å². The highest BCUT2D eigenvalue weighted by Gasteiger charge is 2.30. The van der Waals surface area contributed by atoms with E-state index in [0.717, 1.165) is 10.9 Å². The quantitative estimate of drug-likeness (QED) is 0.841. The van der Waals surface area contributed by atoms with Crippen LogP contribution in [0.4, 0.5) is 4.39 Å². The molecule has 1 aliphatic rings. The van der Waals surface area contributed by atoms with Crippen LogP contribution in [0.5, 0.6) is 0 Å². The van der Waals surface area contributed by atoms with Gasteiger partial charge < -0.3 is 0 Å². The van der Waals surface area contributed by atoms with Gasteiger partial charge in [0.2, 0.25) is 0 Å². The summed E-state index contributed by atoms with van der Waals surface area (Å²) in [6, 6.07) is 7.57. The summed E-state index contributed by atoms with van der Waals surface area (Å²) in [5, 5.41) is 1.92. The third-order valence-corrected chi connectivity index (χ3v) is 4.35. The molecule has 100 valence electrons. The maximum atomic E-state index is 13.3. The highest BCUT2D eigenvalue weighted by Crippen LogP contribution is 2.29. The summed E-state index contributed by atoms with van der Waals surface area (Å²) < 4.78 is 13.3. The van der Waals surface area contributed by atoms with Gasteiger partial charge in [-0.05, 0) is 36.6 Å². The second-order valence-corrected chi connectivity index (χ2v) is 5.74. The number of carbonyl (C=O) groups excluding carboxylic acids is 2. The van der Waals surface area contributed by atoms with Crippen LogP contribution in [0.15, 0.2) is 46.9 Å². The van der Waals surface area contributed by atoms with Crippen molar-refractivity contribution in [3.63, 3.8) is 0 Å². The van der Waals surface area contributed by atoms with Crippen molar-refractivity contribution in [2.75, 3.05) is 0 Å². The molecule has 0 amide bonds. The van der Waals surface area contributed by atoms with Crippen LogP contribution in [0.2, 0.25) is 0 Å². The minimum atomic E-state index is -0.500. The van der Waals surface area contributed by atoms with E-state index in [4.69, 9.17) is 0 Å². The maximum Gasteiger partial charge on any atom is 0.190 e. The van der Waals surface area contributed by atoms with Gasteiger partial charge in [-0.3, -0.25) is 9.59 Å². The highest BCUT2D eigenvalue weighted by atomic mass is 32.1. The molecule has 2 aromatic rings. The van der Waals surface area contributed by atoms with Crippen LogP contribution in [0.3, 0.4) is 0 Å². The Morgan fingerprint density at radius 2 is 1.90 bits per heavy atom. The van der Waals surface area contributed by atoms with Crippen molar-refractivity contribution in [2.24, 2.45) is 0 Å². The Morgan fingerprint density at radius 1 is 1.10 bits per heavy atom. The normalized spacial score (nSPS) is 14.7. The zero-order valence-electron chi connectivity index (χ0n) is 10.8. The molecule has 0 atom stereocenters. The van der Waals surface area contributed by atoms with Gasteiger partial charge >= 0.3 is 0 Å². The fraction of sp³-hybridized carbons (Fsp3) is 0.125. The lowest BCUT2D eigenvalue weighted by molar-refractivity contribution is 0.0972.